The summed E-state index contributed by atoms with van der Waals surface area (Å²) in [4.78, 5) is 15.1. The van der Waals surface area contributed by atoms with E-state index in [1.807, 2.05) is 41.1 Å². The van der Waals surface area contributed by atoms with Gasteiger partial charge in [-0.25, -0.2) is 0 Å². The van der Waals surface area contributed by atoms with E-state index in [0.29, 0.717) is 12.0 Å². The molecule has 3 aromatic rings. The minimum Gasteiger partial charge on any atom is -0.494 e. The number of aromatic nitrogens is 1. The number of fused-ring (bicyclic) bond motifs is 1. The Morgan fingerprint density at radius 2 is 2.11 bits per heavy atom. The maximum absolute atomic E-state index is 12.2. The zero-order valence-electron chi connectivity index (χ0n) is 9.51. The third-order valence-electron chi connectivity index (χ3n) is 2.91. The van der Waals surface area contributed by atoms with Crippen LogP contribution in [0.3, 0.4) is 0 Å². The van der Waals surface area contributed by atoms with Crippen LogP contribution in [0.4, 0.5) is 0 Å². The summed E-state index contributed by atoms with van der Waals surface area (Å²) < 4.78 is 0. The number of carbonyl (C=O) groups is 1. The molecule has 1 aromatic carbocycles. The predicted molar refractivity (Wildman–Crippen MR) is 72.3 cm³/mol. The molecule has 0 aliphatic heterocycles. The fourth-order valence-electron chi connectivity index (χ4n) is 2.08. The van der Waals surface area contributed by atoms with E-state index in [1.54, 1.807) is 11.3 Å². The Hall–Kier alpha value is -2.07. The average molecular weight is 257 g/mol. The third-order valence-corrected chi connectivity index (χ3v) is 3.64. The second-order valence-electron chi connectivity index (χ2n) is 4.13. The Bertz CT molecular complexity index is 698. The minimum atomic E-state index is -0.0663. The summed E-state index contributed by atoms with van der Waals surface area (Å²) in [5, 5.41) is 14.5. The summed E-state index contributed by atoms with van der Waals surface area (Å²) in [6, 6.07) is 9.33. The van der Waals surface area contributed by atoms with Crippen LogP contribution in [0.15, 0.2) is 41.1 Å². The monoisotopic (exact) mass is 257 g/mol. The highest BCUT2D eigenvalue weighted by molar-refractivity contribution is 7.08. The third kappa shape index (κ3) is 1.80. The Labute approximate surface area is 108 Å². The summed E-state index contributed by atoms with van der Waals surface area (Å²) in [6.07, 6.45) is 0.318. The molecule has 3 nitrogen and oxygen atoms in total. The van der Waals surface area contributed by atoms with Gasteiger partial charge in [-0.05, 0) is 28.5 Å². The largest absolute Gasteiger partial charge is 0.494 e. The van der Waals surface area contributed by atoms with Gasteiger partial charge in [0.1, 0.15) is 0 Å². The van der Waals surface area contributed by atoms with Crippen LogP contribution in [0.1, 0.15) is 15.9 Å². The number of H-pyrrole nitrogens is 1. The van der Waals surface area contributed by atoms with Crippen molar-refractivity contribution in [2.24, 2.45) is 0 Å². The molecule has 2 heterocycles. The van der Waals surface area contributed by atoms with Crippen LogP contribution in [-0.4, -0.2) is 15.9 Å². The van der Waals surface area contributed by atoms with Gasteiger partial charge in [-0.1, -0.05) is 18.2 Å². The molecule has 3 rings (SSSR count). The molecule has 4 heteroatoms. The fourth-order valence-corrected chi connectivity index (χ4v) is 2.75. The molecule has 0 saturated carbocycles. The zero-order valence-corrected chi connectivity index (χ0v) is 10.3. The van der Waals surface area contributed by atoms with Gasteiger partial charge in [-0.2, -0.15) is 11.3 Å². The number of carbonyl (C=O) groups excluding carboxylic acids is 1. The number of para-hydroxylation sites is 1. The Morgan fingerprint density at radius 1 is 1.28 bits per heavy atom. The SMILES string of the molecule is O=C(Cc1ccsc1)c1c(O)[nH]c2ccccc12. The van der Waals surface area contributed by atoms with Crippen LogP contribution in [0.25, 0.3) is 10.9 Å². The molecule has 0 unspecified atom stereocenters. The molecule has 0 fully saturated rings. The highest BCUT2D eigenvalue weighted by atomic mass is 32.1. The van der Waals surface area contributed by atoms with E-state index in [4.69, 9.17) is 0 Å². The maximum atomic E-state index is 12.2. The standard InChI is InChI=1S/C14H11NO2S/c16-12(7-9-5-6-18-8-9)13-10-3-1-2-4-11(10)15-14(13)17/h1-6,8,15,17H,7H2. The van der Waals surface area contributed by atoms with Crippen molar-refractivity contribution in [1.82, 2.24) is 4.98 Å². The van der Waals surface area contributed by atoms with Crippen molar-refractivity contribution < 1.29 is 9.90 Å². The molecule has 90 valence electrons. The lowest BCUT2D eigenvalue weighted by molar-refractivity contribution is 0.0992. The maximum Gasteiger partial charge on any atom is 0.200 e. The lowest BCUT2D eigenvalue weighted by Gasteiger charge is -1.98. The molecule has 0 amide bonds. The van der Waals surface area contributed by atoms with Gasteiger partial charge in [0, 0.05) is 17.3 Å². The van der Waals surface area contributed by atoms with Crippen molar-refractivity contribution in [1.29, 1.82) is 0 Å². The summed E-state index contributed by atoms with van der Waals surface area (Å²) in [7, 11) is 0. The number of ketones is 1. The lowest BCUT2D eigenvalue weighted by atomic mass is 10.0. The number of Topliss-reactive ketones (excluding diaryl/α,β-unsaturated/α-hetero) is 1. The first-order valence-corrected chi connectivity index (χ1v) is 6.54. The molecule has 0 bridgehead atoms. The van der Waals surface area contributed by atoms with Crippen molar-refractivity contribution in [2.75, 3.05) is 0 Å². The molecule has 0 saturated heterocycles. The van der Waals surface area contributed by atoms with Gasteiger partial charge in [-0.3, -0.25) is 4.79 Å². The number of thiophene rings is 1. The first kappa shape index (κ1) is 11.0. The van der Waals surface area contributed by atoms with Crippen LogP contribution in [0.5, 0.6) is 5.88 Å². The molecule has 0 spiro atoms. The molecule has 0 atom stereocenters. The van der Waals surface area contributed by atoms with Gasteiger partial charge >= 0.3 is 0 Å². The van der Waals surface area contributed by atoms with Gasteiger partial charge < -0.3 is 10.1 Å². The lowest BCUT2D eigenvalue weighted by Crippen LogP contribution is -2.02. The van der Waals surface area contributed by atoms with Crippen molar-refractivity contribution in [3.8, 4) is 5.88 Å². The number of hydrogen-bond acceptors (Lipinski definition) is 3. The van der Waals surface area contributed by atoms with Gasteiger partial charge in [0.05, 0.1) is 5.56 Å². The quantitative estimate of drug-likeness (QED) is 0.707. The molecular formula is C14H11NO2S. The summed E-state index contributed by atoms with van der Waals surface area (Å²) in [5.74, 6) is -0.111. The van der Waals surface area contributed by atoms with E-state index in [9.17, 15) is 9.90 Å². The summed E-state index contributed by atoms with van der Waals surface area (Å²) in [5.41, 5.74) is 2.15. The molecule has 0 radical (unpaired) electrons. The van der Waals surface area contributed by atoms with Crippen LogP contribution in [-0.2, 0) is 6.42 Å². The van der Waals surface area contributed by atoms with Crippen molar-refractivity contribution in [3.05, 3.63) is 52.2 Å². The van der Waals surface area contributed by atoms with E-state index >= 15 is 0 Å². The second-order valence-corrected chi connectivity index (χ2v) is 4.91. The number of rotatable bonds is 3. The van der Waals surface area contributed by atoms with Crippen LogP contribution >= 0.6 is 11.3 Å². The topological polar surface area (TPSA) is 53.1 Å². The van der Waals surface area contributed by atoms with Gasteiger partial charge in [0.25, 0.3) is 0 Å². The molecule has 2 aromatic heterocycles. The Balaban J connectivity index is 2.03. The van der Waals surface area contributed by atoms with Gasteiger partial charge in [0.2, 0.25) is 5.88 Å². The van der Waals surface area contributed by atoms with Crippen LogP contribution in [0.2, 0.25) is 0 Å². The Kier molecular flexibility index (Phi) is 2.64. The molecular weight excluding hydrogens is 246 g/mol. The number of aromatic hydroxyl groups is 1. The molecule has 0 aliphatic rings. The van der Waals surface area contributed by atoms with Crippen molar-refractivity contribution in [3.63, 3.8) is 0 Å². The first-order chi connectivity index (χ1) is 8.75. The fraction of sp³-hybridized carbons (Fsp3) is 0.0714. The number of aromatic amines is 1. The predicted octanol–water partition coefficient (Wildman–Crippen LogP) is 3.36. The zero-order chi connectivity index (χ0) is 12.5. The average Bonchev–Trinajstić information content (AvgIpc) is 2.94. The smallest absolute Gasteiger partial charge is 0.200 e. The van der Waals surface area contributed by atoms with Gasteiger partial charge in [-0.15, -0.1) is 0 Å². The normalized spacial score (nSPS) is 10.9. The van der Waals surface area contributed by atoms with E-state index < -0.39 is 0 Å². The number of hydrogen-bond donors (Lipinski definition) is 2. The van der Waals surface area contributed by atoms with E-state index in [0.717, 1.165) is 16.5 Å². The molecule has 18 heavy (non-hydrogen) atoms. The van der Waals surface area contributed by atoms with Crippen LogP contribution < -0.4 is 0 Å². The summed E-state index contributed by atoms with van der Waals surface area (Å²) >= 11 is 1.56. The first-order valence-electron chi connectivity index (χ1n) is 5.59. The van der Waals surface area contributed by atoms with Crippen molar-refractivity contribution >= 4 is 28.0 Å². The number of benzene rings is 1. The van der Waals surface area contributed by atoms with Gasteiger partial charge in [0.15, 0.2) is 5.78 Å². The molecule has 2 N–H and O–H groups in total. The van der Waals surface area contributed by atoms with Crippen LogP contribution in [0, 0.1) is 0 Å². The second kappa shape index (κ2) is 4.31. The Morgan fingerprint density at radius 3 is 2.89 bits per heavy atom. The highest BCUT2D eigenvalue weighted by Gasteiger charge is 2.18. The van der Waals surface area contributed by atoms with E-state index in [1.165, 1.54) is 0 Å². The van der Waals surface area contributed by atoms with E-state index in [2.05, 4.69) is 4.98 Å². The number of nitrogens with one attached hydrogen (secondary N) is 1. The summed E-state index contributed by atoms with van der Waals surface area (Å²) in [6.45, 7) is 0. The molecule has 0 aliphatic carbocycles. The highest BCUT2D eigenvalue weighted by Crippen LogP contribution is 2.28. The van der Waals surface area contributed by atoms with Crippen molar-refractivity contribution in [2.45, 2.75) is 6.42 Å². The van der Waals surface area contributed by atoms with E-state index in [-0.39, 0.29) is 11.7 Å². The minimum absolute atomic E-state index is 0.0450.